The lowest BCUT2D eigenvalue weighted by Crippen LogP contribution is -2.28. The number of benzene rings is 2. The zero-order chi connectivity index (χ0) is 16.5. The summed E-state index contributed by atoms with van der Waals surface area (Å²) >= 11 is 1.81. The van der Waals surface area contributed by atoms with Crippen LogP contribution in [0.15, 0.2) is 54.6 Å². The highest BCUT2D eigenvalue weighted by molar-refractivity contribution is 7.98. The van der Waals surface area contributed by atoms with Crippen molar-refractivity contribution in [2.24, 2.45) is 0 Å². The van der Waals surface area contributed by atoms with Gasteiger partial charge in [-0.15, -0.1) is 0 Å². The molecule has 1 amide bonds. The third-order valence-electron chi connectivity index (χ3n) is 3.81. The second-order valence-corrected chi connectivity index (χ2v) is 6.83. The molecule has 2 aromatic rings. The monoisotopic (exact) mass is 327 g/mol. The molecule has 2 rings (SSSR count). The Kier molecular flexibility index (Phi) is 7.21. The van der Waals surface area contributed by atoms with Crippen LogP contribution in [0.3, 0.4) is 0 Å². The minimum Gasteiger partial charge on any atom is -0.349 e. The molecule has 0 saturated heterocycles. The topological polar surface area (TPSA) is 29.1 Å². The Balaban J connectivity index is 1.73. The van der Waals surface area contributed by atoms with Gasteiger partial charge in [0, 0.05) is 17.9 Å². The molecule has 3 heteroatoms. The molecule has 0 aromatic heterocycles. The van der Waals surface area contributed by atoms with Gasteiger partial charge in [-0.25, -0.2) is 0 Å². The van der Waals surface area contributed by atoms with Crippen LogP contribution < -0.4 is 5.32 Å². The SMILES string of the molecule is CC[C@H](NC(=O)CCSCc1ccccc1)c1ccc(C)cc1. The molecule has 0 bridgehead atoms. The molecular weight excluding hydrogens is 302 g/mol. The number of rotatable bonds is 8. The van der Waals surface area contributed by atoms with Crippen molar-refractivity contribution in [2.75, 3.05) is 5.75 Å². The molecule has 0 spiro atoms. The molecule has 122 valence electrons. The van der Waals surface area contributed by atoms with Gasteiger partial charge in [0.2, 0.25) is 5.91 Å². The van der Waals surface area contributed by atoms with Crippen molar-refractivity contribution in [1.82, 2.24) is 5.32 Å². The highest BCUT2D eigenvalue weighted by Gasteiger charge is 2.12. The fourth-order valence-corrected chi connectivity index (χ4v) is 3.32. The lowest BCUT2D eigenvalue weighted by atomic mass is 10.0. The maximum absolute atomic E-state index is 12.1. The van der Waals surface area contributed by atoms with Crippen molar-refractivity contribution in [1.29, 1.82) is 0 Å². The van der Waals surface area contributed by atoms with Crippen LogP contribution in [0.2, 0.25) is 0 Å². The molecule has 0 heterocycles. The maximum Gasteiger partial charge on any atom is 0.221 e. The van der Waals surface area contributed by atoms with E-state index in [0.717, 1.165) is 17.9 Å². The zero-order valence-electron chi connectivity index (χ0n) is 13.9. The molecular formula is C20H25NOS. The third kappa shape index (κ3) is 6.11. The van der Waals surface area contributed by atoms with Crippen molar-refractivity contribution < 1.29 is 4.79 Å². The minimum absolute atomic E-state index is 0.113. The first-order valence-corrected chi connectivity index (χ1v) is 9.32. The van der Waals surface area contributed by atoms with E-state index in [2.05, 4.69) is 67.7 Å². The number of amides is 1. The second-order valence-electron chi connectivity index (χ2n) is 5.73. The van der Waals surface area contributed by atoms with Crippen molar-refractivity contribution in [3.05, 3.63) is 71.3 Å². The number of hydrogen-bond acceptors (Lipinski definition) is 2. The smallest absolute Gasteiger partial charge is 0.221 e. The van der Waals surface area contributed by atoms with Crippen molar-refractivity contribution in [2.45, 2.75) is 38.5 Å². The average Bonchev–Trinajstić information content (AvgIpc) is 2.58. The van der Waals surface area contributed by atoms with Crippen molar-refractivity contribution in [3.8, 4) is 0 Å². The predicted octanol–water partition coefficient (Wildman–Crippen LogP) is 4.89. The van der Waals surface area contributed by atoms with Crippen LogP contribution in [-0.2, 0) is 10.5 Å². The highest BCUT2D eigenvalue weighted by Crippen LogP contribution is 2.18. The van der Waals surface area contributed by atoms with Crippen LogP contribution in [-0.4, -0.2) is 11.7 Å². The number of carbonyl (C=O) groups is 1. The van der Waals surface area contributed by atoms with E-state index in [1.807, 2.05) is 6.07 Å². The van der Waals surface area contributed by atoms with E-state index in [9.17, 15) is 4.79 Å². The second kappa shape index (κ2) is 9.41. The molecule has 2 aromatic carbocycles. The fourth-order valence-electron chi connectivity index (χ4n) is 2.42. The van der Waals surface area contributed by atoms with Crippen molar-refractivity contribution >= 4 is 17.7 Å². The first-order valence-electron chi connectivity index (χ1n) is 8.16. The third-order valence-corrected chi connectivity index (χ3v) is 4.84. The van der Waals surface area contributed by atoms with Gasteiger partial charge in [-0.3, -0.25) is 4.79 Å². The minimum atomic E-state index is 0.113. The summed E-state index contributed by atoms with van der Waals surface area (Å²) in [6, 6.07) is 18.9. The van der Waals surface area contributed by atoms with Gasteiger partial charge in [0.05, 0.1) is 6.04 Å². The number of carbonyl (C=O) groups excluding carboxylic acids is 1. The first-order chi connectivity index (χ1) is 11.2. The Bertz CT molecular complexity index is 595. The summed E-state index contributed by atoms with van der Waals surface area (Å²) in [7, 11) is 0. The number of aryl methyl sites for hydroxylation is 1. The maximum atomic E-state index is 12.1. The van der Waals surface area contributed by atoms with E-state index in [0.29, 0.717) is 6.42 Å². The molecule has 0 radical (unpaired) electrons. The molecule has 0 fully saturated rings. The molecule has 0 saturated carbocycles. The molecule has 0 unspecified atom stereocenters. The largest absolute Gasteiger partial charge is 0.349 e. The Labute approximate surface area is 143 Å². The standard InChI is InChI=1S/C20H25NOS/c1-3-19(18-11-9-16(2)10-12-18)21-20(22)13-14-23-15-17-7-5-4-6-8-17/h4-12,19H,3,13-15H2,1-2H3,(H,21,22)/t19-/m0/s1. The first kappa shape index (κ1) is 17.6. The fraction of sp³-hybridized carbons (Fsp3) is 0.350. The summed E-state index contributed by atoms with van der Waals surface area (Å²) in [6.45, 7) is 4.18. The number of thioether (sulfide) groups is 1. The predicted molar refractivity (Wildman–Crippen MR) is 99.6 cm³/mol. The normalized spacial score (nSPS) is 11.9. The van der Waals surface area contributed by atoms with Crippen LogP contribution in [0.5, 0.6) is 0 Å². The number of hydrogen-bond donors (Lipinski definition) is 1. The van der Waals surface area contributed by atoms with Gasteiger partial charge >= 0.3 is 0 Å². The van der Waals surface area contributed by atoms with Crippen molar-refractivity contribution in [3.63, 3.8) is 0 Å². The molecule has 0 aliphatic heterocycles. The Morgan fingerprint density at radius 3 is 2.43 bits per heavy atom. The van der Waals surface area contributed by atoms with E-state index in [1.54, 1.807) is 11.8 Å². The van der Waals surface area contributed by atoms with Gasteiger partial charge in [0.1, 0.15) is 0 Å². The quantitative estimate of drug-likeness (QED) is 0.700. The van der Waals surface area contributed by atoms with E-state index in [-0.39, 0.29) is 11.9 Å². The molecule has 1 atom stereocenters. The number of nitrogens with one attached hydrogen (secondary N) is 1. The van der Waals surface area contributed by atoms with Crippen LogP contribution >= 0.6 is 11.8 Å². The lowest BCUT2D eigenvalue weighted by Gasteiger charge is -2.17. The van der Waals surface area contributed by atoms with Gasteiger partial charge in [-0.2, -0.15) is 11.8 Å². The van der Waals surface area contributed by atoms with Crippen LogP contribution in [0.4, 0.5) is 0 Å². The molecule has 1 N–H and O–H groups in total. The lowest BCUT2D eigenvalue weighted by molar-refractivity contribution is -0.121. The van der Waals surface area contributed by atoms with Crippen LogP contribution in [0.1, 0.15) is 42.5 Å². The zero-order valence-corrected chi connectivity index (χ0v) is 14.7. The molecule has 0 aliphatic rings. The highest BCUT2D eigenvalue weighted by atomic mass is 32.2. The van der Waals surface area contributed by atoms with Gasteiger partial charge in [-0.05, 0) is 24.5 Å². The average molecular weight is 327 g/mol. The van der Waals surface area contributed by atoms with E-state index >= 15 is 0 Å². The van der Waals surface area contributed by atoms with Crippen LogP contribution in [0.25, 0.3) is 0 Å². The molecule has 2 nitrogen and oxygen atoms in total. The summed E-state index contributed by atoms with van der Waals surface area (Å²) in [6.07, 6.45) is 1.48. The Hall–Kier alpha value is -1.74. The summed E-state index contributed by atoms with van der Waals surface area (Å²) < 4.78 is 0. The summed E-state index contributed by atoms with van der Waals surface area (Å²) in [5.41, 5.74) is 3.74. The molecule has 23 heavy (non-hydrogen) atoms. The van der Waals surface area contributed by atoms with E-state index in [4.69, 9.17) is 0 Å². The van der Waals surface area contributed by atoms with E-state index < -0.39 is 0 Å². The van der Waals surface area contributed by atoms with Crippen LogP contribution in [0, 0.1) is 6.92 Å². The summed E-state index contributed by atoms with van der Waals surface area (Å²) in [5.74, 6) is 1.95. The van der Waals surface area contributed by atoms with Gasteiger partial charge in [-0.1, -0.05) is 67.1 Å². The van der Waals surface area contributed by atoms with Gasteiger partial charge in [0.15, 0.2) is 0 Å². The Morgan fingerprint density at radius 2 is 1.78 bits per heavy atom. The molecule has 0 aliphatic carbocycles. The summed E-state index contributed by atoms with van der Waals surface area (Å²) in [5, 5.41) is 3.15. The summed E-state index contributed by atoms with van der Waals surface area (Å²) in [4.78, 5) is 12.1. The van der Waals surface area contributed by atoms with Gasteiger partial charge < -0.3 is 5.32 Å². The Morgan fingerprint density at radius 1 is 1.09 bits per heavy atom. The van der Waals surface area contributed by atoms with Gasteiger partial charge in [0.25, 0.3) is 0 Å². The van der Waals surface area contributed by atoms with E-state index in [1.165, 1.54) is 16.7 Å².